The van der Waals surface area contributed by atoms with Gasteiger partial charge in [0, 0.05) is 6.07 Å². The van der Waals surface area contributed by atoms with Crippen LogP contribution in [0.1, 0.15) is 5.56 Å². The molecule has 1 aromatic heterocycles. The second-order valence-corrected chi connectivity index (χ2v) is 13.8. The van der Waals surface area contributed by atoms with Gasteiger partial charge in [-0.15, -0.1) is 0 Å². The molecule has 3 heteroatoms. The second kappa shape index (κ2) is 6.78. The van der Waals surface area contributed by atoms with Crippen molar-refractivity contribution in [3.05, 3.63) is 90.6 Å². The van der Waals surface area contributed by atoms with Gasteiger partial charge in [0.1, 0.15) is 26.6 Å². The Hall–Kier alpha value is -3.43. The fourth-order valence-electron chi connectivity index (χ4n) is 5.22. The van der Waals surface area contributed by atoms with Gasteiger partial charge in [0.25, 0.3) is 0 Å². The van der Waals surface area contributed by atoms with Gasteiger partial charge in [-0.05, 0) is 40.8 Å². The lowest BCUT2D eigenvalue weighted by Gasteiger charge is -2.27. The molecule has 5 aromatic rings. The molecule has 0 amide bonds. The monoisotopic (exact) mass is 432 g/mol. The third kappa shape index (κ3) is 2.68. The van der Waals surface area contributed by atoms with Crippen LogP contribution in [0.5, 0.6) is 11.5 Å². The zero-order valence-corrected chi connectivity index (χ0v) is 19.9. The topological polar surface area (TPSA) is 13.1 Å². The van der Waals surface area contributed by atoms with Crippen LogP contribution in [0.25, 0.3) is 32.8 Å². The van der Waals surface area contributed by atoms with Crippen LogP contribution >= 0.6 is 0 Å². The molecule has 0 spiro atoms. The van der Waals surface area contributed by atoms with Gasteiger partial charge in [-0.2, -0.15) is 0 Å². The van der Waals surface area contributed by atoms with Crippen LogP contribution in [0, 0.1) is 6.92 Å². The Morgan fingerprint density at radius 3 is 2.31 bits per heavy atom. The van der Waals surface area contributed by atoms with Gasteiger partial charge in [-0.3, -0.25) is 0 Å². The summed E-state index contributed by atoms with van der Waals surface area (Å²) in [5.74, 6) is 1.93. The lowest BCUT2D eigenvalue weighted by Crippen LogP contribution is -2.52. The predicted octanol–water partition coefficient (Wildman–Crippen LogP) is 5.72. The van der Waals surface area contributed by atoms with E-state index in [1.807, 2.05) is 0 Å². The minimum absolute atomic E-state index is 0.952. The Morgan fingerprint density at radius 1 is 0.750 bits per heavy atom. The minimum Gasteiger partial charge on any atom is -0.456 e. The minimum atomic E-state index is -1.86. The average Bonchev–Trinajstić information content (AvgIpc) is 2.81. The molecule has 4 aromatic carbocycles. The van der Waals surface area contributed by atoms with E-state index < -0.39 is 8.07 Å². The molecule has 2 heterocycles. The van der Waals surface area contributed by atoms with Crippen molar-refractivity contribution in [2.45, 2.75) is 20.0 Å². The number of hydrogen-bond acceptors (Lipinski definition) is 1. The number of ether oxygens (including phenoxy) is 1. The van der Waals surface area contributed by atoms with Crippen LogP contribution in [-0.2, 0) is 7.05 Å². The average molecular weight is 433 g/mol. The SMILES string of the molecule is Cc1c2c(cc3ccccc13)Oc1cc([Si](C)(C)c3ccccc3)cc3cc[n+](C)c-2c13. The highest BCUT2D eigenvalue weighted by atomic mass is 28.3. The van der Waals surface area contributed by atoms with Crippen LogP contribution in [0.2, 0.25) is 13.1 Å². The highest BCUT2D eigenvalue weighted by molar-refractivity contribution is 7.00. The standard InChI is InChI=1S/C29H26NOSi/c1-19-24-13-9-8-10-20(24)17-25-27(19)29-28-21(14-15-30(29)2)16-23(18-26(28)31-25)32(3,4)22-11-6-5-7-12-22/h5-18H,1-4H3/q+1. The van der Waals surface area contributed by atoms with Crippen LogP contribution < -0.4 is 19.7 Å². The van der Waals surface area contributed by atoms with Gasteiger partial charge in [0.05, 0.1) is 10.9 Å². The Balaban J connectivity index is 1.66. The number of hydrogen-bond donors (Lipinski definition) is 0. The Kier molecular flexibility index (Phi) is 4.08. The molecule has 0 atom stereocenters. The molecule has 0 aliphatic carbocycles. The van der Waals surface area contributed by atoms with Crippen molar-refractivity contribution < 1.29 is 9.30 Å². The number of nitrogens with zero attached hydrogens (tertiary/aromatic N) is 1. The first-order valence-electron chi connectivity index (χ1n) is 11.2. The van der Waals surface area contributed by atoms with Crippen LogP contribution in [-0.4, -0.2) is 8.07 Å². The van der Waals surface area contributed by atoms with Gasteiger partial charge in [0.15, 0.2) is 6.20 Å². The normalized spacial score (nSPS) is 12.6. The van der Waals surface area contributed by atoms with Crippen LogP contribution in [0.4, 0.5) is 0 Å². The highest BCUT2D eigenvalue weighted by Crippen LogP contribution is 2.47. The van der Waals surface area contributed by atoms with Crippen molar-refractivity contribution in [2.24, 2.45) is 7.05 Å². The molecular formula is C29H26NOSi+. The Bertz CT molecular complexity index is 1540. The van der Waals surface area contributed by atoms with Crippen molar-refractivity contribution in [3.8, 4) is 22.8 Å². The zero-order valence-electron chi connectivity index (χ0n) is 18.9. The first kappa shape index (κ1) is 19.3. The molecular weight excluding hydrogens is 406 g/mol. The highest BCUT2D eigenvalue weighted by Gasteiger charge is 2.33. The van der Waals surface area contributed by atoms with Gasteiger partial charge in [-0.25, -0.2) is 4.57 Å². The second-order valence-electron chi connectivity index (χ2n) is 9.40. The van der Waals surface area contributed by atoms with Gasteiger partial charge >= 0.3 is 0 Å². The summed E-state index contributed by atoms with van der Waals surface area (Å²) in [7, 11) is 0.277. The summed E-state index contributed by atoms with van der Waals surface area (Å²) in [6.07, 6.45) is 2.19. The number of pyridine rings is 1. The smallest absolute Gasteiger partial charge is 0.228 e. The van der Waals surface area contributed by atoms with E-state index in [9.17, 15) is 0 Å². The van der Waals surface area contributed by atoms with E-state index in [1.54, 1.807) is 0 Å². The van der Waals surface area contributed by atoms with E-state index >= 15 is 0 Å². The first-order chi connectivity index (χ1) is 15.4. The summed E-state index contributed by atoms with van der Waals surface area (Å²) >= 11 is 0. The van der Waals surface area contributed by atoms with E-state index in [1.165, 1.54) is 48.7 Å². The maximum atomic E-state index is 6.67. The molecule has 0 fully saturated rings. The third-order valence-corrected chi connectivity index (χ3v) is 10.7. The lowest BCUT2D eigenvalue weighted by atomic mass is 9.92. The zero-order chi connectivity index (χ0) is 22.0. The summed E-state index contributed by atoms with van der Waals surface area (Å²) in [5, 5.41) is 7.79. The number of benzene rings is 4. The van der Waals surface area contributed by atoms with Crippen LogP contribution in [0.3, 0.4) is 0 Å². The third-order valence-electron chi connectivity index (χ3n) is 7.15. The van der Waals surface area contributed by atoms with E-state index in [0.29, 0.717) is 0 Å². The van der Waals surface area contributed by atoms with Crippen LogP contribution in [0.15, 0.2) is 85.1 Å². The van der Waals surface area contributed by atoms with E-state index in [2.05, 4.69) is 117 Å². The van der Waals surface area contributed by atoms with Gasteiger partial charge in [-0.1, -0.05) is 84.1 Å². The maximum absolute atomic E-state index is 6.67. The lowest BCUT2D eigenvalue weighted by molar-refractivity contribution is -0.659. The summed E-state index contributed by atoms with van der Waals surface area (Å²) in [4.78, 5) is 0. The number of aromatic nitrogens is 1. The summed E-state index contributed by atoms with van der Waals surface area (Å²) in [6, 6.07) is 28.6. The predicted molar refractivity (Wildman–Crippen MR) is 136 cm³/mol. The molecule has 1 aliphatic heterocycles. The Labute approximate surface area is 189 Å². The number of rotatable bonds is 2. The van der Waals surface area contributed by atoms with E-state index in [4.69, 9.17) is 4.74 Å². The molecule has 32 heavy (non-hydrogen) atoms. The number of aryl methyl sites for hydroxylation is 2. The number of fused-ring (bicyclic) bond motifs is 3. The van der Waals surface area contributed by atoms with Gasteiger partial charge < -0.3 is 4.74 Å². The molecule has 0 unspecified atom stereocenters. The van der Waals surface area contributed by atoms with Gasteiger partial charge in [0.2, 0.25) is 5.69 Å². The maximum Gasteiger partial charge on any atom is 0.228 e. The molecule has 0 saturated heterocycles. The molecule has 1 aliphatic rings. The van der Waals surface area contributed by atoms with E-state index in [0.717, 1.165) is 11.5 Å². The fourth-order valence-corrected chi connectivity index (χ4v) is 7.59. The summed E-state index contributed by atoms with van der Waals surface area (Å²) in [6.45, 7) is 7.07. The quantitative estimate of drug-likeness (QED) is 0.252. The first-order valence-corrected chi connectivity index (χ1v) is 14.2. The molecule has 0 N–H and O–H groups in total. The molecule has 2 nitrogen and oxygen atoms in total. The molecule has 6 rings (SSSR count). The summed E-state index contributed by atoms with van der Waals surface area (Å²) in [5.41, 5.74) is 3.72. The molecule has 0 radical (unpaired) electrons. The summed E-state index contributed by atoms with van der Waals surface area (Å²) < 4.78 is 8.92. The largest absolute Gasteiger partial charge is 0.456 e. The Morgan fingerprint density at radius 2 is 1.50 bits per heavy atom. The van der Waals surface area contributed by atoms with Crippen molar-refractivity contribution in [1.29, 1.82) is 0 Å². The van der Waals surface area contributed by atoms with E-state index in [-0.39, 0.29) is 0 Å². The molecule has 156 valence electrons. The fraction of sp³-hybridized carbons (Fsp3) is 0.138. The van der Waals surface area contributed by atoms with Crippen molar-refractivity contribution >= 4 is 40.0 Å². The molecule has 0 bridgehead atoms. The molecule has 0 saturated carbocycles. The van der Waals surface area contributed by atoms with Crippen molar-refractivity contribution in [1.82, 2.24) is 0 Å². The van der Waals surface area contributed by atoms with Crippen molar-refractivity contribution in [3.63, 3.8) is 0 Å². The van der Waals surface area contributed by atoms with Crippen molar-refractivity contribution in [2.75, 3.05) is 0 Å².